The summed E-state index contributed by atoms with van der Waals surface area (Å²) in [5.41, 5.74) is 2.14. The number of fused-ring (bicyclic) bond motifs is 1. The molecule has 1 N–H and O–H groups in total. The zero-order valence-corrected chi connectivity index (χ0v) is 12.1. The predicted molar refractivity (Wildman–Crippen MR) is 76.2 cm³/mol. The van der Waals surface area contributed by atoms with Crippen LogP contribution in [0.15, 0.2) is 18.2 Å². The molecule has 0 fully saturated rings. The van der Waals surface area contributed by atoms with Crippen LogP contribution in [0.5, 0.6) is 5.75 Å². The van der Waals surface area contributed by atoms with E-state index in [0.29, 0.717) is 13.0 Å². The van der Waals surface area contributed by atoms with Gasteiger partial charge in [0.1, 0.15) is 11.9 Å². The van der Waals surface area contributed by atoms with Crippen molar-refractivity contribution in [2.24, 2.45) is 0 Å². The van der Waals surface area contributed by atoms with E-state index in [9.17, 15) is 9.90 Å². The van der Waals surface area contributed by atoms with Crippen molar-refractivity contribution in [2.75, 3.05) is 6.61 Å². The normalized spacial score (nSPS) is 21.1. The first kappa shape index (κ1) is 14.9. The van der Waals surface area contributed by atoms with Crippen molar-refractivity contribution < 1.29 is 19.4 Å². The summed E-state index contributed by atoms with van der Waals surface area (Å²) in [6.45, 7) is 4.67. The molecule has 2 unspecified atom stereocenters. The van der Waals surface area contributed by atoms with Crippen molar-refractivity contribution in [1.29, 1.82) is 0 Å². The van der Waals surface area contributed by atoms with E-state index in [1.54, 1.807) is 0 Å². The molecule has 0 spiro atoms. The zero-order chi connectivity index (χ0) is 14.5. The van der Waals surface area contributed by atoms with Gasteiger partial charge in [0.2, 0.25) is 6.10 Å². The van der Waals surface area contributed by atoms with Crippen LogP contribution in [0.1, 0.15) is 37.8 Å². The van der Waals surface area contributed by atoms with Gasteiger partial charge in [-0.1, -0.05) is 38.5 Å². The van der Waals surface area contributed by atoms with Crippen LogP contribution in [0.4, 0.5) is 0 Å². The molecule has 4 nitrogen and oxygen atoms in total. The van der Waals surface area contributed by atoms with E-state index in [2.05, 4.69) is 6.92 Å². The molecular formula is C16H22O4. The molecular weight excluding hydrogens is 256 g/mol. The predicted octanol–water partition coefficient (Wildman–Crippen LogP) is 2.82. The van der Waals surface area contributed by atoms with Crippen molar-refractivity contribution in [3.05, 3.63) is 29.3 Å². The Kier molecular flexibility index (Phi) is 5.01. The number of hydrogen-bond donors (Lipinski definition) is 1. The zero-order valence-electron chi connectivity index (χ0n) is 12.1. The van der Waals surface area contributed by atoms with Crippen molar-refractivity contribution in [3.8, 4) is 5.75 Å². The molecule has 0 bridgehead atoms. The van der Waals surface area contributed by atoms with Crippen LogP contribution in [0.2, 0.25) is 0 Å². The van der Waals surface area contributed by atoms with Gasteiger partial charge >= 0.3 is 5.97 Å². The average molecular weight is 278 g/mol. The van der Waals surface area contributed by atoms with Gasteiger partial charge in [0, 0.05) is 13.0 Å². The van der Waals surface area contributed by atoms with Gasteiger partial charge in [-0.2, -0.15) is 0 Å². The topological polar surface area (TPSA) is 55.8 Å². The summed E-state index contributed by atoms with van der Waals surface area (Å²) < 4.78 is 11.4. The van der Waals surface area contributed by atoms with Gasteiger partial charge in [-0.05, 0) is 24.0 Å². The second-order valence-electron chi connectivity index (χ2n) is 5.15. The molecule has 2 atom stereocenters. The molecule has 1 aliphatic heterocycles. The highest BCUT2D eigenvalue weighted by Gasteiger charge is 2.36. The molecule has 0 aromatic heterocycles. The van der Waals surface area contributed by atoms with Gasteiger partial charge in [-0.15, -0.1) is 0 Å². The van der Waals surface area contributed by atoms with Gasteiger partial charge in [0.25, 0.3) is 0 Å². The molecule has 1 aliphatic rings. The number of carbonyl (C=O) groups is 1. The van der Waals surface area contributed by atoms with Crippen LogP contribution in [-0.4, -0.2) is 29.9 Å². The lowest BCUT2D eigenvalue weighted by molar-refractivity contribution is -0.154. The maximum absolute atomic E-state index is 11.4. The van der Waals surface area contributed by atoms with E-state index < -0.39 is 18.2 Å². The summed E-state index contributed by atoms with van der Waals surface area (Å²) in [5.74, 6) is -0.207. The van der Waals surface area contributed by atoms with Gasteiger partial charge in [-0.25, -0.2) is 4.79 Å². The number of aliphatic carboxylic acids is 1. The minimum absolute atomic E-state index is 0.406. The third kappa shape index (κ3) is 3.12. The summed E-state index contributed by atoms with van der Waals surface area (Å²) >= 11 is 0. The third-order valence-electron chi connectivity index (χ3n) is 3.48. The Morgan fingerprint density at radius 3 is 2.85 bits per heavy atom. The Balaban J connectivity index is 2.27. The lowest BCUT2D eigenvalue weighted by atomic mass is 9.95. The Labute approximate surface area is 119 Å². The van der Waals surface area contributed by atoms with Crippen LogP contribution in [0, 0.1) is 0 Å². The fourth-order valence-electron chi connectivity index (χ4n) is 2.57. The Morgan fingerprint density at radius 1 is 1.40 bits per heavy atom. The number of rotatable bonds is 6. The molecule has 20 heavy (non-hydrogen) atoms. The van der Waals surface area contributed by atoms with Gasteiger partial charge in [-0.3, -0.25) is 0 Å². The minimum Gasteiger partial charge on any atom is -0.478 e. The Bertz CT molecular complexity index is 470. The van der Waals surface area contributed by atoms with E-state index in [0.717, 1.165) is 36.1 Å². The third-order valence-corrected chi connectivity index (χ3v) is 3.48. The minimum atomic E-state index is -0.956. The van der Waals surface area contributed by atoms with Crippen LogP contribution >= 0.6 is 0 Å². The second-order valence-corrected chi connectivity index (χ2v) is 5.15. The highest BCUT2D eigenvalue weighted by atomic mass is 16.6. The van der Waals surface area contributed by atoms with E-state index >= 15 is 0 Å². The first-order valence-electron chi connectivity index (χ1n) is 7.29. The number of aryl methyl sites for hydroxylation is 1. The summed E-state index contributed by atoms with van der Waals surface area (Å²) in [4.78, 5) is 11.4. The molecule has 1 aromatic rings. The first-order valence-corrected chi connectivity index (χ1v) is 7.29. The summed E-state index contributed by atoms with van der Waals surface area (Å²) in [6, 6.07) is 6.01. The van der Waals surface area contributed by atoms with Crippen molar-refractivity contribution in [2.45, 2.75) is 51.7 Å². The summed E-state index contributed by atoms with van der Waals surface area (Å²) in [7, 11) is 0. The number of carboxylic acid groups (broad SMARTS) is 1. The lowest BCUT2D eigenvalue weighted by Gasteiger charge is -2.32. The highest BCUT2D eigenvalue weighted by molar-refractivity contribution is 5.74. The average Bonchev–Trinajstić information content (AvgIpc) is 2.44. The van der Waals surface area contributed by atoms with Crippen LogP contribution in [0.3, 0.4) is 0 Å². The molecule has 0 saturated heterocycles. The van der Waals surface area contributed by atoms with Gasteiger partial charge < -0.3 is 14.6 Å². The van der Waals surface area contributed by atoms with Crippen LogP contribution in [0.25, 0.3) is 0 Å². The fourth-order valence-corrected chi connectivity index (χ4v) is 2.57. The molecule has 0 aliphatic carbocycles. The van der Waals surface area contributed by atoms with E-state index in [1.807, 2.05) is 25.1 Å². The largest absolute Gasteiger partial charge is 0.478 e. The number of benzene rings is 1. The van der Waals surface area contributed by atoms with Gasteiger partial charge in [0.15, 0.2) is 0 Å². The summed E-state index contributed by atoms with van der Waals surface area (Å²) in [6.07, 6.45) is 2.06. The number of hydrogen-bond acceptors (Lipinski definition) is 3. The monoisotopic (exact) mass is 278 g/mol. The molecule has 4 heteroatoms. The molecule has 1 heterocycles. The number of ether oxygens (including phenoxy) is 2. The van der Waals surface area contributed by atoms with E-state index in [-0.39, 0.29) is 0 Å². The van der Waals surface area contributed by atoms with Gasteiger partial charge in [0.05, 0.1) is 0 Å². The molecule has 0 saturated carbocycles. The highest BCUT2D eigenvalue weighted by Crippen LogP contribution is 2.33. The van der Waals surface area contributed by atoms with E-state index in [4.69, 9.17) is 9.47 Å². The Morgan fingerprint density at radius 2 is 2.20 bits per heavy atom. The lowest BCUT2D eigenvalue weighted by Crippen LogP contribution is -2.45. The molecule has 2 rings (SSSR count). The van der Waals surface area contributed by atoms with Crippen molar-refractivity contribution in [1.82, 2.24) is 0 Å². The molecule has 110 valence electrons. The maximum Gasteiger partial charge on any atom is 0.347 e. The first-order chi connectivity index (χ1) is 9.67. The van der Waals surface area contributed by atoms with Crippen molar-refractivity contribution in [3.63, 3.8) is 0 Å². The number of carboxylic acids is 1. The quantitative estimate of drug-likeness (QED) is 0.869. The smallest absolute Gasteiger partial charge is 0.347 e. The summed E-state index contributed by atoms with van der Waals surface area (Å²) in [5, 5.41) is 9.35. The molecule has 0 amide bonds. The molecule has 1 aromatic carbocycles. The maximum atomic E-state index is 11.4. The van der Waals surface area contributed by atoms with Crippen molar-refractivity contribution >= 4 is 5.97 Å². The standard InChI is InChI=1S/C16H22O4/c1-3-6-11-7-5-8-12-10-13(19-9-4-2)15(16(17)18)20-14(11)12/h5,7-8,13,15H,3-4,6,9-10H2,1-2H3,(H,17,18). The SMILES string of the molecule is CCCOC1Cc2cccc(CCC)c2OC1C(=O)O. The van der Waals surface area contributed by atoms with Crippen LogP contribution in [-0.2, 0) is 22.4 Å². The molecule has 0 radical (unpaired) electrons. The van der Waals surface area contributed by atoms with E-state index in [1.165, 1.54) is 0 Å². The fraction of sp³-hybridized carbons (Fsp3) is 0.562. The second kappa shape index (κ2) is 6.75. The number of para-hydroxylation sites is 1. The Hall–Kier alpha value is -1.55. The van der Waals surface area contributed by atoms with Crippen LogP contribution < -0.4 is 4.74 Å².